The lowest BCUT2D eigenvalue weighted by atomic mass is 10.2. The molecule has 0 aliphatic rings. The molecule has 0 saturated heterocycles. The molecule has 4 aromatic rings. The molecule has 0 atom stereocenters. The van der Waals surface area contributed by atoms with Gasteiger partial charge in [-0.2, -0.15) is 23.1 Å². The Morgan fingerprint density at radius 2 is 1.82 bits per heavy atom. The van der Waals surface area contributed by atoms with Crippen molar-refractivity contribution in [1.29, 1.82) is 0 Å². The summed E-state index contributed by atoms with van der Waals surface area (Å²) >= 11 is 0. The number of aromatic amines is 1. The standard InChI is InChI=1S/C22H20F3N7O/c1-13-3-2-4-16(29-13)11-27-20(33)14-5-7-15(8-6-14)30-21-31-18-17(9-10-26-18)19(32-21)28-12-22(23,24)25/h2-10H,11-12H2,1H3,(H,27,33)(H3,26,28,30,31,32). The summed E-state index contributed by atoms with van der Waals surface area (Å²) in [5.74, 6) is -0.0910. The van der Waals surface area contributed by atoms with Crippen molar-refractivity contribution >= 4 is 34.4 Å². The molecule has 33 heavy (non-hydrogen) atoms. The number of alkyl halides is 3. The van der Waals surface area contributed by atoms with Gasteiger partial charge in [0, 0.05) is 23.1 Å². The number of anilines is 3. The number of nitrogens with one attached hydrogen (secondary N) is 4. The van der Waals surface area contributed by atoms with E-state index in [1.165, 1.54) is 0 Å². The number of fused-ring (bicyclic) bond motifs is 1. The first kappa shape index (κ1) is 22.1. The highest BCUT2D eigenvalue weighted by Crippen LogP contribution is 2.24. The number of carbonyl (C=O) groups is 1. The van der Waals surface area contributed by atoms with Gasteiger partial charge < -0.3 is 20.9 Å². The molecule has 8 nitrogen and oxygen atoms in total. The molecule has 0 radical (unpaired) electrons. The molecule has 0 spiro atoms. The van der Waals surface area contributed by atoms with Crippen LogP contribution in [0.2, 0.25) is 0 Å². The number of halogens is 3. The molecule has 0 fully saturated rings. The molecule has 0 aliphatic heterocycles. The van der Waals surface area contributed by atoms with E-state index >= 15 is 0 Å². The first-order valence-corrected chi connectivity index (χ1v) is 10.0. The van der Waals surface area contributed by atoms with Gasteiger partial charge in [-0.3, -0.25) is 9.78 Å². The molecule has 1 aromatic carbocycles. The minimum absolute atomic E-state index is 0.0573. The summed E-state index contributed by atoms with van der Waals surface area (Å²) in [7, 11) is 0. The van der Waals surface area contributed by atoms with E-state index in [2.05, 4.69) is 35.9 Å². The van der Waals surface area contributed by atoms with E-state index in [1.807, 2.05) is 25.1 Å². The molecule has 1 amide bonds. The van der Waals surface area contributed by atoms with Gasteiger partial charge in [-0.25, -0.2) is 0 Å². The lowest BCUT2D eigenvalue weighted by Gasteiger charge is -2.12. The van der Waals surface area contributed by atoms with E-state index in [0.29, 0.717) is 28.8 Å². The van der Waals surface area contributed by atoms with Crippen LogP contribution >= 0.6 is 0 Å². The molecule has 3 heterocycles. The van der Waals surface area contributed by atoms with Gasteiger partial charge in [0.1, 0.15) is 18.0 Å². The van der Waals surface area contributed by atoms with Gasteiger partial charge in [0.2, 0.25) is 5.95 Å². The number of hydrogen-bond acceptors (Lipinski definition) is 6. The van der Waals surface area contributed by atoms with Crippen molar-refractivity contribution in [3.8, 4) is 0 Å². The lowest BCUT2D eigenvalue weighted by molar-refractivity contribution is -0.115. The van der Waals surface area contributed by atoms with Crippen LogP contribution < -0.4 is 16.0 Å². The van der Waals surface area contributed by atoms with E-state index in [4.69, 9.17) is 0 Å². The minimum atomic E-state index is -4.38. The Morgan fingerprint density at radius 1 is 1.03 bits per heavy atom. The average molecular weight is 455 g/mol. The third kappa shape index (κ3) is 5.76. The first-order valence-electron chi connectivity index (χ1n) is 10.0. The van der Waals surface area contributed by atoms with Crippen LogP contribution in [0.15, 0.2) is 54.7 Å². The molecule has 4 N–H and O–H groups in total. The van der Waals surface area contributed by atoms with Crippen molar-refractivity contribution in [2.45, 2.75) is 19.6 Å². The zero-order valence-electron chi connectivity index (χ0n) is 17.5. The molecular formula is C22H20F3N7O. The smallest absolute Gasteiger partial charge is 0.360 e. The number of pyridine rings is 1. The number of nitrogens with zero attached hydrogens (tertiary/aromatic N) is 3. The summed E-state index contributed by atoms with van der Waals surface area (Å²) in [5, 5.41) is 8.51. The van der Waals surface area contributed by atoms with Gasteiger partial charge in [-0.05, 0) is 49.4 Å². The van der Waals surface area contributed by atoms with E-state index < -0.39 is 12.7 Å². The average Bonchev–Trinajstić information content (AvgIpc) is 3.25. The number of amides is 1. The van der Waals surface area contributed by atoms with E-state index in [0.717, 1.165) is 11.4 Å². The van der Waals surface area contributed by atoms with E-state index in [1.54, 1.807) is 36.5 Å². The second kappa shape index (κ2) is 9.15. The van der Waals surface area contributed by atoms with Crippen molar-refractivity contribution in [2.24, 2.45) is 0 Å². The molecule has 4 rings (SSSR count). The Hall–Kier alpha value is -4.15. The molecule has 11 heteroatoms. The van der Waals surface area contributed by atoms with Crippen molar-refractivity contribution in [2.75, 3.05) is 17.2 Å². The molecule has 0 aliphatic carbocycles. The van der Waals surface area contributed by atoms with Crippen LogP contribution in [0.3, 0.4) is 0 Å². The highest BCUT2D eigenvalue weighted by Gasteiger charge is 2.27. The second-order valence-electron chi connectivity index (χ2n) is 7.26. The summed E-state index contributed by atoms with van der Waals surface area (Å²) in [6.07, 6.45) is -2.81. The Balaban J connectivity index is 1.43. The van der Waals surface area contributed by atoms with Gasteiger partial charge in [0.05, 0.1) is 17.6 Å². The maximum absolute atomic E-state index is 12.6. The van der Waals surface area contributed by atoms with Gasteiger partial charge in [0.15, 0.2) is 0 Å². The van der Waals surface area contributed by atoms with Crippen LogP contribution in [0.1, 0.15) is 21.7 Å². The summed E-state index contributed by atoms with van der Waals surface area (Å²) < 4.78 is 37.9. The van der Waals surface area contributed by atoms with Gasteiger partial charge in [-0.1, -0.05) is 6.07 Å². The topological polar surface area (TPSA) is 108 Å². The molecule has 0 unspecified atom stereocenters. The third-order valence-corrected chi connectivity index (χ3v) is 4.65. The molecule has 0 saturated carbocycles. The number of hydrogen-bond donors (Lipinski definition) is 4. The van der Waals surface area contributed by atoms with Gasteiger partial charge in [0.25, 0.3) is 5.91 Å². The van der Waals surface area contributed by atoms with Crippen LogP contribution in [0.5, 0.6) is 0 Å². The fourth-order valence-corrected chi connectivity index (χ4v) is 3.12. The van der Waals surface area contributed by atoms with E-state index in [9.17, 15) is 18.0 Å². The Bertz CT molecular complexity index is 1270. The fraction of sp³-hybridized carbons (Fsp3) is 0.182. The SMILES string of the molecule is Cc1cccc(CNC(=O)c2ccc(Nc3nc(NCC(F)(F)F)c4cc[nH]c4n3)cc2)n1. The number of benzene rings is 1. The van der Waals surface area contributed by atoms with Crippen LogP contribution in [0, 0.1) is 6.92 Å². The molecule has 170 valence electrons. The number of carbonyl (C=O) groups excluding carboxylic acids is 1. The summed E-state index contributed by atoms with van der Waals surface area (Å²) in [5.41, 5.74) is 3.03. The van der Waals surface area contributed by atoms with Crippen LogP contribution in [0.25, 0.3) is 11.0 Å². The number of rotatable bonds is 7. The predicted molar refractivity (Wildman–Crippen MR) is 118 cm³/mol. The van der Waals surface area contributed by atoms with Gasteiger partial charge >= 0.3 is 6.18 Å². The normalized spacial score (nSPS) is 11.4. The lowest BCUT2D eigenvalue weighted by Crippen LogP contribution is -2.23. The third-order valence-electron chi connectivity index (χ3n) is 4.65. The fourth-order valence-electron chi connectivity index (χ4n) is 3.12. The maximum Gasteiger partial charge on any atom is 0.405 e. The maximum atomic E-state index is 12.6. The molecule has 0 bridgehead atoms. The summed E-state index contributed by atoms with van der Waals surface area (Å²) in [6, 6.07) is 13.7. The van der Waals surface area contributed by atoms with Crippen molar-refractivity contribution in [3.63, 3.8) is 0 Å². The number of H-pyrrole nitrogens is 1. The summed E-state index contributed by atoms with van der Waals surface area (Å²) in [6.45, 7) is 0.966. The Labute approximate surface area is 186 Å². The molecular weight excluding hydrogens is 435 g/mol. The Kier molecular flexibility index (Phi) is 6.11. The predicted octanol–water partition coefficient (Wildman–Crippen LogP) is 4.31. The Morgan fingerprint density at radius 3 is 2.55 bits per heavy atom. The number of aryl methyl sites for hydroxylation is 1. The second-order valence-corrected chi connectivity index (χ2v) is 7.26. The largest absolute Gasteiger partial charge is 0.405 e. The molecule has 3 aromatic heterocycles. The first-order chi connectivity index (χ1) is 15.8. The van der Waals surface area contributed by atoms with Crippen LogP contribution in [0.4, 0.5) is 30.6 Å². The van der Waals surface area contributed by atoms with Crippen LogP contribution in [-0.4, -0.2) is 38.6 Å². The monoisotopic (exact) mass is 455 g/mol. The van der Waals surface area contributed by atoms with Crippen molar-refractivity contribution < 1.29 is 18.0 Å². The zero-order chi connectivity index (χ0) is 23.4. The van der Waals surface area contributed by atoms with Crippen LogP contribution in [-0.2, 0) is 6.54 Å². The van der Waals surface area contributed by atoms with Crippen molar-refractivity contribution in [1.82, 2.24) is 25.3 Å². The zero-order valence-corrected chi connectivity index (χ0v) is 17.5. The highest BCUT2D eigenvalue weighted by molar-refractivity contribution is 5.94. The summed E-state index contributed by atoms with van der Waals surface area (Å²) in [4.78, 5) is 28.0. The highest BCUT2D eigenvalue weighted by atomic mass is 19.4. The van der Waals surface area contributed by atoms with E-state index in [-0.39, 0.29) is 17.7 Å². The minimum Gasteiger partial charge on any atom is -0.360 e. The quantitative estimate of drug-likeness (QED) is 0.331. The van der Waals surface area contributed by atoms with Gasteiger partial charge in [-0.15, -0.1) is 0 Å². The number of aromatic nitrogens is 4. The van der Waals surface area contributed by atoms with Crippen molar-refractivity contribution in [3.05, 3.63) is 71.7 Å².